The van der Waals surface area contributed by atoms with Crippen molar-refractivity contribution < 1.29 is 9.90 Å². The standard InChI is InChI=1S/C10H16N2O2S/c1-6(2)5-7-8(9(13)14)11-10(15-4)12(7)3/h6H,5H2,1-4H3,(H,13,14). The zero-order chi connectivity index (χ0) is 11.6. The molecule has 0 saturated carbocycles. The number of carbonyl (C=O) groups is 1. The van der Waals surface area contributed by atoms with Gasteiger partial charge in [-0.25, -0.2) is 9.78 Å². The molecule has 0 amide bonds. The molecule has 0 spiro atoms. The minimum Gasteiger partial charge on any atom is -0.476 e. The monoisotopic (exact) mass is 228 g/mol. The third kappa shape index (κ3) is 2.53. The topological polar surface area (TPSA) is 55.1 Å². The van der Waals surface area contributed by atoms with Crippen molar-refractivity contribution in [1.29, 1.82) is 0 Å². The summed E-state index contributed by atoms with van der Waals surface area (Å²) in [6.07, 6.45) is 2.64. The summed E-state index contributed by atoms with van der Waals surface area (Å²) in [7, 11) is 1.86. The van der Waals surface area contributed by atoms with Gasteiger partial charge in [-0.15, -0.1) is 0 Å². The van der Waals surface area contributed by atoms with Gasteiger partial charge in [-0.05, 0) is 18.6 Å². The second-order valence-electron chi connectivity index (χ2n) is 3.86. The second-order valence-corrected chi connectivity index (χ2v) is 4.63. The van der Waals surface area contributed by atoms with E-state index in [1.54, 1.807) is 0 Å². The maximum absolute atomic E-state index is 11.0. The van der Waals surface area contributed by atoms with Crippen LogP contribution in [0.1, 0.15) is 30.0 Å². The predicted octanol–water partition coefficient (Wildman–Crippen LogP) is 2.04. The van der Waals surface area contributed by atoms with Crippen LogP contribution in [0.3, 0.4) is 0 Å². The van der Waals surface area contributed by atoms with E-state index in [-0.39, 0.29) is 5.69 Å². The van der Waals surface area contributed by atoms with Crippen molar-refractivity contribution in [3.8, 4) is 0 Å². The van der Waals surface area contributed by atoms with Gasteiger partial charge in [0.1, 0.15) is 0 Å². The van der Waals surface area contributed by atoms with E-state index in [1.165, 1.54) is 11.8 Å². The highest BCUT2D eigenvalue weighted by molar-refractivity contribution is 7.98. The highest BCUT2D eigenvalue weighted by atomic mass is 32.2. The van der Waals surface area contributed by atoms with Crippen LogP contribution < -0.4 is 0 Å². The first kappa shape index (κ1) is 12.1. The van der Waals surface area contributed by atoms with Crippen LogP contribution in [0.15, 0.2) is 5.16 Å². The summed E-state index contributed by atoms with van der Waals surface area (Å²) in [4.78, 5) is 15.1. The molecule has 5 heteroatoms. The number of nitrogens with zero attached hydrogens (tertiary/aromatic N) is 2. The number of rotatable bonds is 4. The molecule has 0 unspecified atom stereocenters. The Balaban J connectivity index is 3.19. The van der Waals surface area contributed by atoms with Crippen molar-refractivity contribution in [1.82, 2.24) is 9.55 Å². The summed E-state index contributed by atoms with van der Waals surface area (Å²) < 4.78 is 1.87. The molecule has 0 aliphatic rings. The van der Waals surface area contributed by atoms with E-state index in [0.717, 1.165) is 17.3 Å². The van der Waals surface area contributed by atoms with E-state index < -0.39 is 5.97 Å². The Kier molecular flexibility index (Phi) is 3.79. The smallest absolute Gasteiger partial charge is 0.356 e. The first-order chi connectivity index (χ1) is 6.97. The molecule has 84 valence electrons. The number of hydrogen-bond acceptors (Lipinski definition) is 3. The molecule has 1 rings (SSSR count). The Morgan fingerprint density at radius 3 is 2.60 bits per heavy atom. The lowest BCUT2D eigenvalue weighted by atomic mass is 10.1. The van der Waals surface area contributed by atoms with Crippen LogP contribution >= 0.6 is 11.8 Å². The Hall–Kier alpha value is -0.970. The Bertz CT molecular complexity index is 372. The van der Waals surface area contributed by atoms with Crippen molar-refractivity contribution in [2.24, 2.45) is 13.0 Å². The molecule has 0 atom stereocenters. The molecule has 0 aromatic carbocycles. The normalized spacial score (nSPS) is 11.0. The molecule has 1 aromatic rings. The molecular formula is C10H16N2O2S. The molecule has 0 bridgehead atoms. The summed E-state index contributed by atoms with van der Waals surface area (Å²) in [6, 6.07) is 0. The second kappa shape index (κ2) is 4.70. The number of carboxylic acid groups (broad SMARTS) is 1. The summed E-state index contributed by atoms with van der Waals surface area (Å²) in [6.45, 7) is 4.13. The van der Waals surface area contributed by atoms with E-state index in [1.807, 2.05) is 17.9 Å². The van der Waals surface area contributed by atoms with Crippen molar-refractivity contribution in [3.63, 3.8) is 0 Å². The van der Waals surface area contributed by atoms with Crippen molar-refractivity contribution in [2.45, 2.75) is 25.4 Å². The van der Waals surface area contributed by atoms with Crippen molar-refractivity contribution >= 4 is 17.7 Å². The molecule has 0 radical (unpaired) electrons. The van der Waals surface area contributed by atoms with Gasteiger partial charge in [-0.1, -0.05) is 25.6 Å². The molecule has 0 aliphatic carbocycles. The van der Waals surface area contributed by atoms with Crippen LogP contribution in [0.2, 0.25) is 0 Å². The van der Waals surface area contributed by atoms with Gasteiger partial charge in [0.25, 0.3) is 0 Å². The highest BCUT2D eigenvalue weighted by Gasteiger charge is 2.20. The van der Waals surface area contributed by atoms with E-state index in [0.29, 0.717) is 5.92 Å². The fourth-order valence-corrected chi connectivity index (χ4v) is 2.05. The maximum atomic E-state index is 11.0. The number of carboxylic acids is 1. The zero-order valence-electron chi connectivity index (χ0n) is 9.44. The molecule has 4 nitrogen and oxygen atoms in total. The fourth-order valence-electron chi connectivity index (χ4n) is 1.48. The summed E-state index contributed by atoms with van der Waals surface area (Å²) in [5.74, 6) is -0.519. The number of hydrogen-bond donors (Lipinski definition) is 1. The molecule has 1 N–H and O–H groups in total. The van der Waals surface area contributed by atoms with Crippen molar-refractivity contribution in [3.05, 3.63) is 11.4 Å². The summed E-state index contributed by atoms with van der Waals surface area (Å²) >= 11 is 1.46. The number of thioether (sulfide) groups is 1. The van der Waals surface area contributed by atoms with E-state index in [9.17, 15) is 4.79 Å². The van der Waals surface area contributed by atoms with Gasteiger partial charge in [0.15, 0.2) is 10.9 Å². The predicted molar refractivity (Wildman–Crippen MR) is 60.5 cm³/mol. The van der Waals surface area contributed by atoms with Crippen LogP contribution in [0.4, 0.5) is 0 Å². The maximum Gasteiger partial charge on any atom is 0.356 e. The minimum absolute atomic E-state index is 0.190. The Morgan fingerprint density at radius 2 is 2.20 bits per heavy atom. The van der Waals surface area contributed by atoms with Gasteiger partial charge in [0.05, 0.1) is 5.69 Å². The average molecular weight is 228 g/mol. The van der Waals surface area contributed by atoms with Crippen molar-refractivity contribution in [2.75, 3.05) is 6.26 Å². The Labute approximate surface area is 93.7 Å². The third-order valence-electron chi connectivity index (χ3n) is 2.16. The Morgan fingerprint density at radius 1 is 1.60 bits per heavy atom. The quantitative estimate of drug-likeness (QED) is 0.801. The molecule has 0 aliphatic heterocycles. The van der Waals surface area contributed by atoms with Gasteiger partial charge in [-0.2, -0.15) is 0 Å². The SMILES string of the molecule is CSc1nc(C(=O)O)c(CC(C)C)n1C. The lowest BCUT2D eigenvalue weighted by molar-refractivity contribution is 0.0689. The van der Waals surface area contributed by atoms with E-state index in [4.69, 9.17) is 5.11 Å². The van der Waals surface area contributed by atoms with E-state index in [2.05, 4.69) is 18.8 Å². The first-order valence-electron chi connectivity index (χ1n) is 4.80. The summed E-state index contributed by atoms with van der Waals surface area (Å²) in [5.41, 5.74) is 0.998. The summed E-state index contributed by atoms with van der Waals surface area (Å²) in [5, 5.41) is 9.78. The fraction of sp³-hybridized carbons (Fsp3) is 0.600. The third-order valence-corrected chi connectivity index (χ3v) is 2.89. The minimum atomic E-state index is -0.943. The van der Waals surface area contributed by atoms with Gasteiger partial charge >= 0.3 is 5.97 Å². The molecule has 1 heterocycles. The molecule has 0 saturated heterocycles. The van der Waals surface area contributed by atoms with Gasteiger partial charge in [0.2, 0.25) is 0 Å². The van der Waals surface area contributed by atoms with Crippen LogP contribution in [-0.2, 0) is 13.5 Å². The van der Waals surface area contributed by atoms with Crippen LogP contribution in [0, 0.1) is 5.92 Å². The zero-order valence-corrected chi connectivity index (χ0v) is 10.3. The van der Waals surface area contributed by atoms with Gasteiger partial charge < -0.3 is 9.67 Å². The molecule has 1 aromatic heterocycles. The average Bonchev–Trinajstić information content (AvgIpc) is 2.43. The molecular weight excluding hydrogens is 212 g/mol. The number of aromatic nitrogens is 2. The largest absolute Gasteiger partial charge is 0.476 e. The number of imidazole rings is 1. The molecule has 0 fully saturated rings. The number of aromatic carboxylic acids is 1. The van der Waals surface area contributed by atoms with Crippen LogP contribution in [-0.4, -0.2) is 26.9 Å². The van der Waals surface area contributed by atoms with Gasteiger partial charge in [-0.3, -0.25) is 0 Å². The van der Waals surface area contributed by atoms with E-state index >= 15 is 0 Å². The van der Waals surface area contributed by atoms with Crippen LogP contribution in [0.25, 0.3) is 0 Å². The first-order valence-corrected chi connectivity index (χ1v) is 6.02. The lowest BCUT2D eigenvalue weighted by Crippen LogP contribution is -2.08. The van der Waals surface area contributed by atoms with Gasteiger partial charge in [0, 0.05) is 7.05 Å². The molecule has 15 heavy (non-hydrogen) atoms. The lowest BCUT2D eigenvalue weighted by Gasteiger charge is -2.07. The van der Waals surface area contributed by atoms with Crippen LogP contribution in [0.5, 0.6) is 0 Å². The highest BCUT2D eigenvalue weighted by Crippen LogP contribution is 2.20.